The Kier molecular flexibility index (Phi) is 9.09. The molecule has 0 aromatic heterocycles. The van der Waals surface area contributed by atoms with Gasteiger partial charge < -0.3 is 9.90 Å². The highest BCUT2D eigenvalue weighted by Gasteiger charge is 2.05. The van der Waals surface area contributed by atoms with Crippen LogP contribution in [0.4, 0.5) is 0 Å². The van der Waals surface area contributed by atoms with Gasteiger partial charge in [0.05, 0.1) is 10.0 Å². The van der Waals surface area contributed by atoms with Crippen LogP contribution in [-0.4, -0.2) is 17.9 Å². The lowest BCUT2D eigenvalue weighted by Gasteiger charge is -2.04. The first-order valence-corrected chi connectivity index (χ1v) is 6.26. The van der Waals surface area contributed by atoms with Crippen molar-refractivity contribution in [3.8, 4) is 11.1 Å². The van der Waals surface area contributed by atoms with Gasteiger partial charge in [-0.1, -0.05) is 65.7 Å². The van der Waals surface area contributed by atoms with Crippen molar-refractivity contribution in [2.24, 2.45) is 0 Å². The SMILES string of the molecule is C=O.CC(=O)O.Clc1cccc(-c2ccccc2)c1Cl. The number of hydrogen-bond donors (Lipinski definition) is 1. The molecule has 0 aliphatic rings. The summed E-state index contributed by atoms with van der Waals surface area (Å²) in [4.78, 5) is 17.0. The van der Waals surface area contributed by atoms with E-state index in [4.69, 9.17) is 37.9 Å². The molecule has 0 fully saturated rings. The summed E-state index contributed by atoms with van der Waals surface area (Å²) in [6.45, 7) is 3.08. The highest BCUT2D eigenvalue weighted by atomic mass is 35.5. The molecule has 0 unspecified atom stereocenters. The molecule has 0 aliphatic carbocycles. The molecular formula is C15H14Cl2O3. The van der Waals surface area contributed by atoms with Crippen molar-refractivity contribution < 1.29 is 14.7 Å². The lowest BCUT2D eigenvalue weighted by atomic mass is 10.1. The zero-order valence-electron chi connectivity index (χ0n) is 10.8. The van der Waals surface area contributed by atoms with Crippen LogP contribution in [0.3, 0.4) is 0 Å². The first-order valence-electron chi connectivity index (χ1n) is 5.50. The standard InChI is InChI=1S/C12H8Cl2.C2H4O2.CH2O/c13-11-8-4-7-10(12(11)14)9-5-2-1-3-6-9;1-2(3)4;1-2/h1-8H;1H3,(H,3,4);1H2. The van der Waals surface area contributed by atoms with E-state index in [1.807, 2.05) is 49.3 Å². The minimum atomic E-state index is -0.833. The highest BCUT2D eigenvalue weighted by molar-refractivity contribution is 6.43. The molecule has 0 heterocycles. The smallest absolute Gasteiger partial charge is 0.300 e. The molecule has 106 valence electrons. The van der Waals surface area contributed by atoms with Crippen molar-refractivity contribution in [1.82, 2.24) is 0 Å². The molecule has 20 heavy (non-hydrogen) atoms. The van der Waals surface area contributed by atoms with Crippen molar-refractivity contribution in [2.45, 2.75) is 6.92 Å². The summed E-state index contributed by atoms with van der Waals surface area (Å²) in [6, 6.07) is 15.6. The van der Waals surface area contributed by atoms with Crippen molar-refractivity contribution >= 4 is 36.0 Å². The number of halogens is 2. The zero-order valence-corrected chi connectivity index (χ0v) is 12.4. The Morgan fingerprint density at radius 1 is 1.00 bits per heavy atom. The van der Waals surface area contributed by atoms with Gasteiger partial charge in [-0.25, -0.2) is 0 Å². The van der Waals surface area contributed by atoms with E-state index >= 15 is 0 Å². The number of carbonyl (C=O) groups excluding carboxylic acids is 1. The Morgan fingerprint density at radius 3 is 2.00 bits per heavy atom. The molecule has 0 bridgehead atoms. The van der Waals surface area contributed by atoms with Gasteiger partial charge >= 0.3 is 0 Å². The molecule has 3 nitrogen and oxygen atoms in total. The Morgan fingerprint density at radius 2 is 1.50 bits per heavy atom. The van der Waals surface area contributed by atoms with Crippen LogP contribution < -0.4 is 0 Å². The second-order valence-corrected chi connectivity index (χ2v) is 4.27. The zero-order chi connectivity index (χ0) is 15.5. The average molecular weight is 313 g/mol. The second-order valence-electron chi connectivity index (χ2n) is 3.49. The van der Waals surface area contributed by atoms with E-state index in [0.717, 1.165) is 18.1 Å². The third-order valence-corrected chi connectivity index (χ3v) is 2.86. The number of carboxylic acid groups (broad SMARTS) is 1. The number of carbonyl (C=O) groups is 2. The van der Waals surface area contributed by atoms with Crippen LogP contribution in [0, 0.1) is 0 Å². The summed E-state index contributed by atoms with van der Waals surface area (Å²) in [6.07, 6.45) is 0. The van der Waals surface area contributed by atoms with E-state index in [2.05, 4.69) is 0 Å². The molecule has 2 aromatic carbocycles. The lowest BCUT2D eigenvalue weighted by Crippen LogP contribution is -1.79. The maximum atomic E-state index is 9.00. The maximum Gasteiger partial charge on any atom is 0.300 e. The summed E-state index contributed by atoms with van der Waals surface area (Å²) in [7, 11) is 0. The molecule has 0 saturated heterocycles. The lowest BCUT2D eigenvalue weighted by molar-refractivity contribution is -0.134. The Hall–Kier alpha value is -1.84. The molecule has 0 aliphatic heterocycles. The van der Waals surface area contributed by atoms with Crippen molar-refractivity contribution in [1.29, 1.82) is 0 Å². The Labute approximate surface area is 127 Å². The second kappa shape index (κ2) is 10.0. The van der Waals surface area contributed by atoms with Gasteiger partial charge in [-0.2, -0.15) is 0 Å². The molecule has 0 spiro atoms. The Balaban J connectivity index is 0.000000521. The quantitative estimate of drug-likeness (QED) is 0.839. The first-order chi connectivity index (χ1) is 9.52. The molecule has 0 atom stereocenters. The molecule has 2 aromatic rings. The number of hydrogen-bond acceptors (Lipinski definition) is 2. The van der Waals surface area contributed by atoms with E-state index in [1.54, 1.807) is 6.07 Å². The third kappa shape index (κ3) is 6.36. The van der Waals surface area contributed by atoms with Gasteiger partial charge in [0.15, 0.2) is 0 Å². The Bertz CT molecular complexity index is 538. The van der Waals surface area contributed by atoms with Gasteiger partial charge in [-0.05, 0) is 11.6 Å². The van der Waals surface area contributed by atoms with Crippen LogP contribution in [0.1, 0.15) is 6.92 Å². The fraction of sp³-hybridized carbons (Fsp3) is 0.0667. The largest absolute Gasteiger partial charge is 0.481 e. The summed E-state index contributed by atoms with van der Waals surface area (Å²) in [5.74, 6) is -0.833. The molecule has 5 heteroatoms. The molecule has 1 N–H and O–H groups in total. The minimum Gasteiger partial charge on any atom is -0.481 e. The van der Waals surface area contributed by atoms with E-state index < -0.39 is 5.97 Å². The topological polar surface area (TPSA) is 54.4 Å². The van der Waals surface area contributed by atoms with Crippen LogP contribution in [0.2, 0.25) is 10.0 Å². The van der Waals surface area contributed by atoms with Crippen LogP contribution in [-0.2, 0) is 9.59 Å². The fourth-order valence-electron chi connectivity index (χ4n) is 1.34. The summed E-state index contributed by atoms with van der Waals surface area (Å²) in [5, 5.41) is 8.62. The van der Waals surface area contributed by atoms with E-state index in [1.165, 1.54) is 0 Å². The van der Waals surface area contributed by atoms with Crippen LogP contribution >= 0.6 is 23.2 Å². The van der Waals surface area contributed by atoms with E-state index in [0.29, 0.717) is 10.0 Å². The van der Waals surface area contributed by atoms with Crippen LogP contribution in [0.15, 0.2) is 48.5 Å². The van der Waals surface area contributed by atoms with Crippen LogP contribution in [0.5, 0.6) is 0 Å². The first kappa shape index (κ1) is 18.2. The summed E-state index contributed by atoms with van der Waals surface area (Å²) >= 11 is 12.0. The number of carboxylic acids is 1. The van der Waals surface area contributed by atoms with Gasteiger partial charge in [-0.3, -0.25) is 4.79 Å². The number of benzene rings is 2. The van der Waals surface area contributed by atoms with Gasteiger partial charge in [0, 0.05) is 12.5 Å². The normalized spacial score (nSPS) is 8.55. The molecule has 0 radical (unpaired) electrons. The average Bonchev–Trinajstić information content (AvgIpc) is 2.44. The number of rotatable bonds is 1. The van der Waals surface area contributed by atoms with Gasteiger partial charge in [-0.15, -0.1) is 0 Å². The van der Waals surface area contributed by atoms with Crippen LogP contribution in [0.25, 0.3) is 11.1 Å². The summed E-state index contributed by atoms with van der Waals surface area (Å²) < 4.78 is 0. The molecule has 0 saturated carbocycles. The van der Waals surface area contributed by atoms with Gasteiger partial charge in [0.2, 0.25) is 0 Å². The van der Waals surface area contributed by atoms with Gasteiger partial charge in [0.1, 0.15) is 6.79 Å². The molecule has 0 amide bonds. The minimum absolute atomic E-state index is 0.591. The van der Waals surface area contributed by atoms with Crippen molar-refractivity contribution in [2.75, 3.05) is 0 Å². The predicted octanol–water partition coefficient (Wildman–Crippen LogP) is 4.57. The number of aliphatic carboxylic acids is 1. The molecule has 2 rings (SSSR count). The highest BCUT2D eigenvalue weighted by Crippen LogP contribution is 2.32. The maximum absolute atomic E-state index is 9.00. The summed E-state index contributed by atoms with van der Waals surface area (Å²) in [5.41, 5.74) is 2.06. The fourth-order valence-corrected chi connectivity index (χ4v) is 1.75. The van der Waals surface area contributed by atoms with E-state index in [9.17, 15) is 0 Å². The third-order valence-electron chi connectivity index (χ3n) is 2.04. The monoisotopic (exact) mass is 312 g/mol. The van der Waals surface area contributed by atoms with E-state index in [-0.39, 0.29) is 0 Å². The van der Waals surface area contributed by atoms with Crippen molar-refractivity contribution in [3.63, 3.8) is 0 Å². The molecular weight excluding hydrogens is 299 g/mol. The van der Waals surface area contributed by atoms with Gasteiger partial charge in [0.25, 0.3) is 5.97 Å². The van der Waals surface area contributed by atoms with Crippen molar-refractivity contribution in [3.05, 3.63) is 58.6 Å². The predicted molar refractivity (Wildman–Crippen MR) is 82.3 cm³/mol.